The molecule has 0 aliphatic carbocycles. The number of rotatable bonds is 13. The fourth-order valence-electron chi connectivity index (χ4n) is 1.83. The zero-order chi connectivity index (χ0) is 17.7. The van der Waals surface area contributed by atoms with Crippen molar-refractivity contribution in [3.8, 4) is 0 Å². The third-order valence-corrected chi connectivity index (χ3v) is 2.94. The molecular formula is C17H30O6. The van der Waals surface area contributed by atoms with Gasteiger partial charge in [0.25, 0.3) is 0 Å². The summed E-state index contributed by atoms with van der Waals surface area (Å²) in [5.74, 6) is -0.828. The summed E-state index contributed by atoms with van der Waals surface area (Å²) < 4.78 is 20.6. The van der Waals surface area contributed by atoms with Crippen molar-refractivity contribution >= 4 is 11.9 Å². The van der Waals surface area contributed by atoms with Gasteiger partial charge in [0, 0.05) is 13.5 Å². The second-order valence-electron chi connectivity index (χ2n) is 6.15. The first-order valence-electron chi connectivity index (χ1n) is 7.87. The van der Waals surface area contributed by atoms with Gasteiger partial charge in [-0.2, -0.15) is 0 Å². The molecular weight excluding hydrogens is 300 g/mol. The van der Waals surface area contributed by atoms with E-state index in [-0.39, 0.29) is 31.2 Å². The molecule has 0 aromatic carbocycles. The molecule has 23 heavy (non-hydrogen) atoms. The Bertz CT molecular complexity index is 364. The molecule has 0 N–H and O–H groups in total. The molecule has 0 aliphatic rings. The SMILES string of the molecule is C=CCC(C)(C)COCC(COC(=O)COC)OC(=O)CCC. The Morgan fingerprint density at radius 3 is 2.48 bits per heavy atom. The topological polar surface area (TPSA) is 71.1 Å². The molecule has 0 saturated carbocycles. The van der Waals surface area contributed by atoms with Crippen molar-refractivity contribution in [1.29, 1.82) is 0 Å². The molecule has 134 valence electrons. The van der Waals surface area contributed by atoms with E-state index in [1.807, 2.05) is 13.0 Å². The van der Waals surface area contributed by atoms with Gasteiger partial charge in [0.2, 0.25) is 0 Å². The van der Waals surface area contributed by atoms with Gasteiger partial charge in [-0.15, -0.1) is 6.58 Å². The Morgan fingerprint density at radius 1 is 1.22 bits per heavy atom. The first-order chi connectivity index (χ1) is 10.8. The highest BCUT2D eigenvalue weighted by molar-refractivity contribution is 5.71. The third-order valence-electron chi connectivity index (χ3n) is 2.94. The predicted molar refractivity (Wildman–Crippen MR) is 87.0 cm³/mol. The van der Waals surface area contributed by atoms with E-state index in [2.05, 4.69) is 25.2 Å². The fraction of sp³-hybridized carbons (Fsp3) is 0.765. The standard InChI is InChI=1S/C17H30O6/c1-6-8-15(18)23-14(11-22-16(19)12-20-5)10-21-13-17(3,4)9-7-2/h7,14H,2,6,8-13H2,1,3-5H3. The maximum Gasteiger partial charge on any atom is 0.332 e. The van der Waals surface area contributed by atoms with Crippen LogP contribution in [0.3, 0.4) is 0 Å². The molecule has 1 atom stereocenters. The van der Waals surface area contributed by atoms with Crippen molar-refractivity contribution in [2.75, 3.05) is 33.5 Å². The zero-order valence-corrected chi connectivity index (χ0v) is 14.8. The summed E-state index contributed by atoms with van der Waals surface area (Å²) >= 11 is 0. The summed E-state index contributed by atoms with van der Waals surface area (Å²) in [7, 11) is 1.41. The van der Waals surface area contributed by atoms with Gasteiger partial charge < -0.3 is 18.9 Å². The summed E-state index contributed by atoms with van der Waals surface area (Å²) in [6.45, 7) is 10.2. The van der Waals surface area contributed by atoms with E-state index in [9.17, 15) is 9.59 Å². The molecule has 6 heteroatoms. The van der Waals surface area contributed by atoms with Gasteiger partial charge in [0.15, 0.2) is 6.10 Å². The van der Waals surface area contributed by atoms with Gasteiger partial charge in [0.1, 0.15) is 13.2 Å². The fourth-order valence-corrected chi connectivity index (χ4v) is 1.83. The molecule has 0 aromatic rings. The third kappa shape index (κ3) is 11.8. The van der Waals surface area contributed by atoms with Crippen LogP contribution >= 0.6 is 0 Å². The maximum absolute atomic E-state index is 11.6. The second kappa shape index (κ2) is 12.1. The van der Waals surface area contributed by atoms with Gasteiger partial charge in [-0.1, -0.05) is 26.8 Å². The van der Waals surface area contributed by atoms with Crippen LogP contribution in [0.5, 0.6) is 0 Å². The lowest BCUT2D eigenvalue weighted by atomic mass is 9.91. The van der Waals surface area contributed by atoms with Gasteiger partial charge in [-0.3, -0.25) is 4.79 Å². The summed E-state index contributed by atoms with van der Waals surface area (Å²) in [6.07, 6.45) is 3.06. The number of carbonyl (C=O) groups is 2. The summed E-state index contributed by atoms with van der Waals surface area (Å²) in [5, 5.41) is 0. The van der Waals surface area contributed by atoms with E-state index < -0.39 is 12.1 Å². The monoisotopic (exact) mass is 330 g/mol. The Labute approximate surface area is 139 Å². The van der Waals surface area contributed by atoms with Crippen molar-refractivity contribution in [2.45, 2.75) is 46.1 Å². The Hall–Kier alpha value is -1.40. The number of esters is 2. The highest BCUT2D eigenvalue weighted by Gasteiger charge is 2.20. The number of allylic oxidation sites excluding steroid dienone is 1. The number of hydrogen-bond acceptors (Lipinski definition) is 6. The minimum atomic E-state index is -0.616. The van der Waals surface area contributed by atoms with E-state index >= 15 is 0 Å². The Kier molecular flexibility index (Phi) is 11.3. The average Bonchev–Trinajstić information content (AvgIpc) is 2.44. The first kappa shape index (κ1) is 21.6. The molecule has 0 rings (SSSR count). The largest absolute Gasteiger partial charge is 0.460 e. The Balaban J connectivity index is 4.38. The van der Waals surface area contributed by atoms with Crippen LogP contribution in [-0.4, -0.2) is 51.6 Å². The highest BCUT2D eigenvalue weighted by Crippen LogP contribution is 2.21. The lowest BCUT2D eigenvalue weighted by Crippen LogP contribution is -2.32. The zero-order valence-electron chi connectivity index (χ0n) is 14.8. The molecule has 0 fully saturated rings. The van der Waals surface area contributed by atoms with Crippen molar-refractivity contribution in [3.05, 3.63) is 12.7 Å². The van der Waals surface area contributed by atoms with Crippen LogP contribution < -0.4 is 0 Å². The molecule has 1 unspecified atom stereocenters. The lowest BCUT2D eigenvalue weighted by molar-refractivity contribution is -0.165. The van der Waals surface area contributed by atoms with Crippen molar-refractivity contribution in [2.24, 2.45) is 5.41 Å². The molecule has 0 aliphatic heterocycles. The molecule has 0 spiro atoms. The van der Waals surface area contributed by atoms with Crippen molar-refractivity contribution in [3.63, 3.8) is 0 Å². The molecule has 0 heterocycles. The molecule has 6 nitrogen and oxygen atoms in total. The van der Waals surface area contributed by atoms with E-state index in [1.54, 1.807) is 0 Å². The van der Waals surface area contributed by atoms with Crippen molar-refractivity contribution < 1.29 is 28.5 Å². The average molecular weight is 330 g/mol. The number of ether oxygens (including phenoxy) is 4. The van der Waals surface area contributed by atoms with E-state index in [1.165, 1.54) is 7.11 Å². The van der Waals surface area contributed by atoms with Crippen LogP contribution in [0.2, 0.25) is 0 Å². The molecule has 0 saturated heterocycles. The minimum Gasteiger partial charge on any atom is -0.460 e. The van der Waals surface area contributed by atoms with Crippen LogP contribution in [0, 0.1) is 5.41 Å². The normalized spacial score (nSPS) is 12.5. The first-order valence-corrected chi connectivity index (χ1v) is 7.87. The minimum absolute atomic E-state index is 0.0421. The van der Waals surface area contributed by atoms with Gasteiger partial charge in [-0.25, -0.2) is 4.79 Å². The van der Waals surface area contributed by atoms with Crippen LogP contribution in [0.1, 0.15) is 40.0 Å². The summed E-state index contributed by atoms with van der Waals surface area (Å²) in [6, 6.07) is 0. The summed E-state index contributed by atoms with van der Waals surface area (Å²) in [5.41, 5.74) is -0.0492. The van der Waals surface area contributed by atoms with Crippen LogP contribution in [0.4, 0.5) is 0 Å². The number of carbonyl (C=O) groups excluding carboxylic acids is 2. The second-order valence-corrected chi connectivity index (χ2v) is 6.15. The smallest absolute Gasteiger partial charge is 0.332 e. The molecule has 0 bridgehead atoms. The van der Waals surface area contributed by atoms with Gasteiger partial charge in [0.05, 0.1) is 13.2 Å². The molecule has 0 aromatic heterocycles. The Morgan fingerprint density at radius 2 is 1.91 bits per heavy atom. The van der Waals surface area contributed by atoms with E-state index in [4.69, 9.17) is 14.2 Å². The summed E-state index contributed by atoms with van der Waals surface area (Å²) in [4.78, 5) is 23.0. The predicted octanol–water partition coefficient (Wildman–Crippen LogP) is 2.51. The highest BCUT2D eigenvalue weighted by atomic mass is 16.6. The molecule has 0 radical (unpaired) electrons. The number of methoxy groups -OCH3 is 1. The van der Waals surface area contributed by atoms with Crippen molar-refractivity contribution in [1.82, 2.24) is 0 Å². The van der Waals surface area contributed by atoms with Crippen LogP contribution in [0.15, 0.2) is 12.7 Å². The van der Waals surface area contributed by atoms with E-state index in [0.29, 0.717) is 19.4 Å². The van der Waals surface area contributed by atoms with Gasteiger partial charge >= 0.3 is 11.9 Å². The van der Waals surface area contributed by atoms with E-state index in [0.717, 1.165) is 6.42 Å². The molecule has 0 amide bonds. The maximum atomic E-state index is 11.6. The number of hydrogen-bond donors (Lipinski definition) is 0. The van der Waals surface area contributed by atoms with Crippen LogP contribution in [0.25, 0.3) is 0 Å². The van der Waals surface area contributed by atoms with Crippen LogP contribution in [-0.2, 0) is 28.5 Å². The van der Waals surface area contributed by atoms with Gasteiger partial charge in [-0.05, 0) is 18.3 Å². The lowest BCUT2D eigenvalue weighted by Gasteiger charge is -2.24. The quantitative estimate of drug-likeness (QED) is 0.382.